The van der Waals surface area contributed by atoms with E-state index in [2.05, 4.69) is 26.7 Å². The summed E-state index contributed by atoms with van der Waals surface area (Å²) >= 11 is 1.07. The van der Waals surface area contributed by atoms with E-state index in [1.54, 1.807) is 6.92 Å². The second kappa shape index (κ2) is 6.28. The average molecular weight is 286 g/mol. The van der Waals surface area contributed by atoms with E-state index in [9.17, 15) is 4.79 Å². The van der Waals surface area contributed by atoms with Gasteiger partial charge in [0.2, 0.25) is 0 Å². The number of nitrogens with two attached hydrogens (primary N) is 1. The molecule has 0 saturated carbocycles. The molecule has 3 N–H and O–H groups in total. The lowest BCUT2D eigenvalue weighted by molar-refractivity contribution is 0.103. The molecule has 20 heavy (non-hydrogen) atoms. The number of hydrogen-bond acceptors (Lipinski definition) is 5. The fourth-order valence-corrected chi connectivity index (χ4v) is 2.19. The first kappa shape index (κ1) is 14.2. The Balaban J connectivity index is 2.29. The van der Waals surface area contributed by atoms with Gasteiger partial charge >= 0.3 is 0 Å². The Hall–Kier alpha value is -2.23. The Morgan fingerprint density at radius 3 is 2.90 bits per heavy atom. The zero-order valence-corrected chi connectivity index (χ0v) is 12.0. The molecule has 2 rings (SSSR count). The number of aryl methyl sites for hydroxylation is 2. The van der Waals surface area contributed by atoms with Crippen molar-refractivity contribution < 1.29 is 4.79 Å². The Bertz CT molecular complexity index is 697. The normalized spacial score (nSPS) is 9.75. The number of amides is 1. The van der Waals surface area contributed by atoms with Gasteiger partial charge in [0.15, 0.2) is 0 Å². The number of rotatable bonds is 2. The van der Waals surface area contributed by atoms with Crippen molar-refractivity contribution in [3.8, 4) is 11.8 Å². The van der Waals surface area contributed by atoms with Crippen molar-refractivity contribution >= 4 is 23.1 Å². The van der Waals surface area contributed by atoms with Gasteiger partial charge in [-0.1, -0.05) is 22.4 Å². The monoisotopic (exact) mass is 286 g/mol. The molecule has 6 heteroatoms. The highest BCUT2D eigenvalue weighted by molar-refractivity contribution is 7.08. The first-order chi connectivity index (χ1) is 9.61. The smallest absolute Gasteiger partial charge is 0.269 e. The maximum Gasteiger partial charge on any atom is 0.269 e. The summed E-state index contributed by atoms with van der Waals surface area (Å²) in [6.07, 6.45) is 0. The van der Waals surface area contributed by atoms with Gasteiger partial charge in [-0.05, 0) is 43.1 Å². The molecule has 5 nitrogen and oxygen atoms in total. The largest absolute Gasteiger partial charge is 0.320 e. The van der Waals surface area contributed by atoms with Crippen LogP contribution in [0.1, 0.15) is 26.5 Å². The molecule has 0 bridgehead atoms. The molecule has 0 saturated heterocycles. The minimum atomic E-state index is -0.225. The van der Waals surface area contributed by atoms with Crippen molar-refractivity contribution in [1.29, 1.82) is 0 Å². The van der Waals surface area contributed by atoms with Crippen LogP contribution in [0, 0.1) is 25.7 Å². The summed E-state index contributed by atoms with van der Waals surface area (Å²) in [5, 5.41) is 6.67. The molecule has 0 aliphatic rings. The van der Waals surface area contributed by atoms with Crippen LogP contribution >= 0.6 is 11.5 Å². The molecule has 1 aromatic carbocycles. The average Bonchev–Trinajstić information content (AvgIpc) is 2.85. The van der Waals surface area contributed by atoms with Crippen LogP contribution in [-0.2, 0) is 0 Å². The van der Waals surface area contributed by atoms with Gasteiger partial charge in [0.25, 0.3) is 5.91 Å². The van der Waals surface area contributed by atoms with E-state index < -0.39 is 0 Å². The lowest BCUT2D eigenvalue weighted by atomic mass is 10.1. The molecule has 1 aromatic heterocycles. The van der Waals surface area contributed by atoms with Crippen LogP contribution in [0.15, 0.2) is 18.2 Å². The molecular formula is C14H14N4OS. The topological polar surface area (TPSA) is 80.9 Å². The van der Waals surface area contributed by atoms with Gasteiger partial charge in [0.05, 0.1) is 17.9 Å². The quantitative estimate of drug-likeness (QED) is 0.824. The molecule has 0 atom stereocenters. The number of hydrogen-bond donors (Lipinski definition) is 2. The summed E-state index contributed by atoms with van der Waals surface area (Å²) in [7, 11) is 0. The molecule has 0 radical (unpaired) electrons. The maximum absolute atomic E-state index is 12.2. The van der Waals surface area contributed by atoms with Gasteiger partial charge < -0.3 is 11.1 Å². The fraction of sp³-hybridized carbons (Fsp3) is 0.214. The molecule has 102 valence electrons. The van der Waals surface area contributed by atoms with Crippen molar-refractivity contribution in [1.82, 2.24) is 9.59 Å². The van der Waals surface area contributed by atoms with Crippen molar-refractivity contribution in [3.63, 3.8) is 0 Å². The van der Waals surface area contributed by atoms with Crippen LogP contribution < -0.4 is 11.1 Å². The number of benzene rings is 1. The third kappa shape index (κ3) is 3.20. The lowest BCUT2D eigenvalue weighted by Gasteiger charge is -2.07. The molecule has 0 spiro atoms. The number of aromatic nitrogens is 2. The number of anilines is 1. The Kier molecular flexibility index (Phi) is 4.45. The SMILES string of the molecule is Cc1ccc(NC(=O)c2snnc2C)c(C#CCN)c1. The van der Waals surface area contributed by atoms with E-state index in [-0.39, 0.29) is 12.5 Å². The molecule has 0 unspecified atom stereocenters. The van der Waals surface area contributed by atoms with E-state index in [4.69, 9.17) is 5.73 Å². The Morgan fingerprint density at radius 1 is 1.45 bits per heavy atom. The van der Waals surface area contributed by atoms with Crippen molar-refractivity contribution in [2.24, 2.45) is 5.73 Å². The van der Waals surface area contributed by atoms with Crippen molar-refractivity contribution in [3.05, 3.63) is 39.9 Å². The summed E-state index contributed by atoms with van der Waals surface area (Å²) in [6.45, 7) is 4.00. The minimum absolute atomic E-state index is 0.225. The van der Waals surface area contributed by atoms with Crippen LogP contribution in [0.4, 0.5) is 5.69 Å². The van der Waals surface area contributed by atoms with E-state index >= 15 is 0 Å². The maximum atomic E-state index is 12.2. The first-order valence-electron chi connectivity index (χ1n) is 6.01. The number of nitrogens with one attached hydrogen (secondary N) is 1. The number of carbonyl (C=O) groups excluding carboxylic acids is 1. The zero-order chi connectivity index (χ0) is 14.5. The van der Waals surface area contributed by atoms with Crippen LogP contribution in [0.2, 0.25) is 0 Å². The molecular weight excluding hydrogens is 272 g/mol. The number of carbonyl (C=O) groups is 1. The van der Waals surface area contributed by atoms with E-state index in [0.717, 1.165) is 22.7 Å². The van der Waals surface area contributed by atoms with Crippen molar-refractivity contribution in [2.75, 3.05) is 11.9 Å². The van der Waals surface area contributed by atoms with Gasteiger partial charge in [-0.25, -0.2) is 0 Å². The zero-order valence-electron chi connectivity index (χ0n) is 11.2. The van der Waals surface area contributed by atoms with Gasteiger partial charge in [0, 0.05) is 5.56 Å². The highest BCUT2D eigenvalue weighted by Gasteiger charge is 2.14. The highest BCUT2D eigenvalue weighted by Crippen LogP contribution is 2.19. The standard InChI is InChI=1S/C14H14N4OS/c1-9-5-6-12(11(8-9)4-3-7-15)16-14(19)13-10(2)17-18-20-13/h5-6,8H,7,15H2,1-2H3,(H,16,19). The molecule has 1 heterocycles. The second-order valence-corrected chi connectivity index (χ2v) is 4.95. The third-order valence-corrected chi connectivity index (χ3v) is 3.43. The molecule has 2 aromatic rings. The van der Waals surface area contributed by atoms with Crippen molar-refractivity contribution in [2.45, 2.75) is 13.8 Å². The minimum Gasteiger partial charge on any atom is -0.320 e. The Morgan fingerprint density at radius 2 is 2.25 bits per heavy atom. The van der Waals surface area contributed by atoms with Crippen LogP contribution in [0.5, 0.6) is 0 Å². The summed E-state index contributed by atoms with van der Waals surface area (Å²) in [5.41, 5.74) is 8.49. The van der Waals surface area contributed by atoms with E-state index in [0.29, 0.717) is 16.3 Å². The fourth-order valence-electron chi connectivity index (χ4n) is 1.64. The predicted octanol–water partition coefficient (Wildman–Crippen LogP) is 1.72. The van der Waals surface area contributed by atoms with Gasteiger partial charge in [-0.15, -0.1) is 5.10 Å². The van der Waals surface area contributed by atoms with Crippen LogP contribution in [0.25, 0.3) is 0 Å². The molecule has 1 amide bonds. The number of nitrogens with zero attached hydrogens (tertiary/aromatic N) is 2. The van der Waals surface area contributed by atoms with E-state index in [1.807, 2.05) is 25.1 Å². The first-order valence-corrected chi connectivity index (χ1v) is 6.79. The van der Waals surface area contributed by atoms with Gasteiger partial charge in [0.1, 0.15) is 4.88 Å². The van der Waals surface area contributed by atoms with Gasteiger partial charge in [-0.2, -0.15) is 0 Å². The summed E-state index contributed by atoms with van der Waals surface area (Å²) in [5.74, 6) is 5.53. The van der Waals surface area contributed by atoms with Crippen LogP contribution in [0.3, 0.4) is 0 Å². The van der Waals surface area contributed by atoms with Crippen LogP contribution in [-0.4, -0.2) is 22.0 Å². The van der Waals surface area contributed by atoms with Gasteiger partial charge in [-0.3, -0.25) is 4.79 Å². The molecule has 0 fully saturated rings. The van der Waals surface area contributed by atoms with E-state index in [1.165, 1.54) is 0 Å². The second-order valence-electron chi connectivity index (χ2n) is 4.20. The Labute approximate surface area is 121 Å². The summed E-state index contributed by atoms with van der Waals surface area (Å²) < 4.78 is 3.76. The summed E-state index contributed by atoms with van der Waals surface area (Å²) in [6, 6.07) is 5.66. The third-order valence-electron chi connectivity index (χ3n) is 2.61. The lowest BCUT2D eigenvalue weighted by Crippen LogP contribution is -2.12. The molecule has 0 aliphatic carbocycles. The highest BCUT2D eigenvalue weighted by atomic mass is 32.1. The summed E-state index contributed by atoms with van der Waals surface area (Å²) in [4.78, 5) is 12.7. The predicted molar refractivity (Wildman–Crippen MR) is 79.7 cm³/mol. The molecule has 0 aliphatic heterocycles.